The van der Waals surface area contributed by atoms with Crippen molar-refractivity contribution < 1.29 is 19.0 Å². The number of anilines is 2. The van der Waals surface area contributed by atoms with Gasteiger partial charge in [0, 0.05) is 11.3 Å². The Balaban J connectivity index is 1.66. The van der Waals surface area contributed by atoms with Gasteiger partial charge in [-0.2, -0.15) is 4.98 Å². The molecule has 2 aromatic heterocycles. The van der Waals surface area contributed by atoms with Crippen LogP contribution in [0.5, 0.6) is 17.2 Å². The molecule has 1 aliphatic heterocycles. The Morgan fingerprint density at radius 2 is 1.83 bits per heavy atom. The van der Waals surface area contributed by atoms with Crippen molar-refractivity contribution in [1.82, 2.24) is 14.8 Å². The summed E-state index contributed by atoms with van der Waals surface area (Å²) >= 11 is 1.55. The molecule has 0 saturated carbocycles. The Morgan fingerprint density at radius 1 is 1.03 bits per heavy atom. The normalized spacial score (nSPS) is 14.6. The first-order valence-electron chi connectivity index (χ1n) is 11.2. The molecule has 0 saturated heterocycles. The van der Waals surface area contributed by atoms with E-state index >= 15 is 0 Å². The molecule has 3 heterocycles. The molecule has 0 spiro atoms. The van der Waals surface area contributed by atoms with Crippen LogP contribution in [0.1, 0.15) is 18.5 Å². The predicted molar refractivity (Wildman–Crippen MR) is 139 cm³/mol. The van der Waals surface area contributed by atoms with Gasteiger partial charge in [-0.15, -0.1) is 16.4 Å². The SMILES string of the molecule is COc1ccc(OC)c(C2C(C(=O)Nc3ccccc3OC)=C(C)Nc3nc(-c4cccs4)nn32)c1. The Bertz CT molecular complexity index is 1440. The van der Waals surface area contributed by atoms with E-state index in [4.69, 9.17) is 24.3 Å². The first-order chi connectivity index (χ1) is 17.5. The van der Waals surface area contributed by atoms with Crippen LogP contribution >= 0.6 is 11.3 Å². The molecule has 1 aliphatic rings. The van der Waals surface area contributed by atoms with Crippen molar-refractivity contribution >= 4 is 28.9 Å². The van der Waals surface area contributed by atoms with Gasteiger partial charge < -0.3 is 24.8 Å². The lowest BCUT2D eigenvalue weighted by atomic mass is 9.94. The fourth-order valence-corrected chi connectivity index (χ4v) is 4.89. The van der Waals surface area contributed by atoms with Crippen LogP contribution in [0, 0.1) is 0 Å². The molecular formula is C26H25N5O4S. The number of para-hydroxylation sites is 2. The van der Waals surface area contributed by atoms with Gasteiger partial charge in [-0.3, -0.25) is 4.79 Å². The molecule has 2 aromatic carbocycles. The van der Waals surface area contributed by atoms with E-state index in [1.54, 1.807) is 49.5 Å². The van der Waals surface area contributed by atoms with Gasteiger partial charge in [0.15, 0.2) is 5.82 Å². The summed E-state index contributed by atoms with van der Waals surface area (Å²) in [6.07, 6.45) is 0. The number of carbonyl (C=O) groups excluding carboxylic acids is 1. The minimum absolute atomic E-state index is 0.307. The molecule has 0 radical (unpaired) electrons. The van der Waals surface area contributed by atoms with Crippen LogP contribution in [0.4, 0.5) is 11.6 Å². The molecule has 36 heavy (non-hydrogen) atoms. The van der Waals surface area contributed by atoms with E-state index in [0.717, 1.165) is 4.88 Å². The van der Waals surface area contributed by atoms with Crippen LogP contribution in [0.3, 0.4) is 0 Å². The zero-order chi connectivity index (χ0) is 25.2. The average molecular weight is 504 g/mol. The second-order valence-corrected chi connectivity index (χ2v) is 8.96. The first-order valence-corrected chi connectivity index (χ1v) is 12.1. The number of thiophene rings is 1. The topological polar surface area (TPSA) is 99.5 Å². The van der Waals surface area contributed by atoms with Crippen LogP contribution in [0.15, 0.2) is 71.2 Å². The number of nitrogens with zero attached hydrogens (tertiary/aromatic N) is 3. The van der Waals surface area contributed by atoms with E-state index in [1.165, 1.54) is 0 Å². The maximum absolute atomic E-state index is 13.8. The lowest BCUT2D eigenvalue weighted by Crippen LogP contribution is -2.31. The summed E-state index contributed by atoms with van der Waals surface area (Å²) in [4.78, 5) is 19.5. The maximum Gasteiger partial charge on any atom is 0.255 e. The summed E-state index contributed by atoms with van der Waals surface area (Å²) in [6.45, 7) is 1.85. The third-order valence-electron chi connectivity index (χ3n) is 5.93. The van der Waals surface area contributed by atoms with Gasteiger partial charge in [-0.25, -0.2) is 4.68 Å². The molecule has 2 N–H and O–H groups in total. The second-order valence-electron chi connectivity index (χ2n) is 8.01. The zero-order valence-electron chi connectivity index (χ0n) is 20.2. The van der Waals surface area contributed by atoms with E-state index in [1.807, 2.05) is 54.8 Å². The van der Waals surface area contributed by atoms with Gasteiger partial charge in [-0.05, 0) is 48.7 Å². The molecular weight excluding hydrogens is 478 g/mol. The summed E-state index contributed by atoms with van der Waals surface area (Å²) in [5.74, 6) is 2.57. The molecule has 10 heteroatoms. The number of nitrogens with one attached hydrogen (secondary N) is 2. The highest BCUT2D eigenvalue weighted by atomic mass is 32.1. The smallest absolute Gasteiger partial charge is 0.255 e. The van der Waals surface area contributed by atoms with E-state index < -0.39 is 6.04 Å². The van der Waals surface area contributed by atoms with Crippen LogP contribution < -0.4 is 24.8 Å². The number of methoxy groups -OCH3 is 3. The number of ether oxygens (including phenoxy) is 3. The van der Waals surface area contributed by atoms with E-state index in [0.29, 0.717) is 51.5 Å². The van der Waals surface area contributed by atoms with Gasteiger partial charge >= 0.3 is 0 Å². The van der Waals surface area contributed by atoms with Crippen molar-refractivity contribution in [2.45, 2.75) is 13.0 Å². The van der Waals surface area contributed by atoms with Gasteiger partial charge in [0.05, 0.1) is 37.5 Å². The van der Waals surface area contributed by atoms with Crippen LogP contribution in [-0.2, 0) is 4.79 Å². The largest absolute Gasteiger partial charge is 0.497 e. The third-order valence-corrected chi connectivity index (χ3v) is 6.79. The minimum Gasteiger partial charge on any atom is -0.497 e. The van der Waals surface area contributed by atoms with E-state index in [-0.39, 0.29) is 5.91 Å². The quantitative estimate of drug-likeness (QED) is 0.368. The summed E-state index contributed by atoms with van der Waals surface area (Å²) in [6, 6.07) is 16.0. The molecule has 4 aromatic rings. The van der Waals surface area contributed by atoms with Crippen molar-refractivity contribution in [3.05, 3.63) is 76.8 Å². The number of hydrogen-bond donors (Lipinski definition) is 2. The monoisotopic (exact) mass is 503 g/mol. The van der Waals surface area contributed by atoms with E-state index in [2.05, 4.69) is 10.6 Å². The van der Waals surface area contributed by atoms with Crippen LogP contribution in [0.2, 0.25) is 0 Å². The van der Waals surface area contributed by atoms with Crippen molar-refractivity contribution in [3.8, 4) is 28.0 Å². The van der Waals surface area contributed by atoms with Gasteiger partial charge in [0.2, 0.25) is 5.95 Å². The number of aromatic nitrogens is 3. The molecule has 5 rings (SSSR count). The van der Waals surface area contributed by atoms with Gasteiger partial charge in [0.1, 0.15) is 23.3 Å². The summed E-state index contributed by atoms with van der Waals surface area (Å²) in [5.41, 5.74) is 2.38. The Hall–Kier alpha value is -4.31. The molecule has 184 valence electrons. The van der Waals surface area contributed by atoms with Crippen molar-refractivity contribution in [3.63, 3.8) is 0 Å². The number of fused-ring (bicyclic) bond motifs is 1. The molecule has 1 atom stereocenters. The predicted octanol–water partition coefficient (Wildman–Crippen LogP) is 4.96. The fourth-order valence-electron chi connectivity index (χ4n) is 4.23. The summed E-state index contributed by atoms with van der Waals surface area (Å²) in [7, 11) is 4.76. The Kier molecular flexibility index (Phi) is 6.34. The highest BCUT2D eigenvalue weighted by Gasteiger charge is 2.36. The molecule has 0 fully saturated rings. The number of benzene rings is 2. The third kappa shape index (κ3) is 4.16. The fraction of sp³-hybridized carbons (Fsp3) is 0.192. The van der Waals surface area contributed by atoms with Crippen LogP contribution in [-0.4, -0.2) is 42.0 Å². The van der Waals surface area contributed by atoms with Gasteiger partial charge in [-0.1, -0.05) is 18.2 Å². The summed E-state index contributed by atoms with van der Waals surface area (Å²) < 4.78 is 18.3. The molecule has 0 bridgehead atoms. The average Bonchev–Trinajstić information content (AvgIpc) is 3.58. The summed E-state index contributed by atoms with van der Waals surface area (Å²) in [5, 5.41) is 13.0. The lowest BCUT2D eigenvalue weighted by Gasteiger charge is -2.29. The van der Waals surface area contributed by atoms with Gasteiger partial charge in [0.25, 0.3) is 5.91 Å². The number of hydrogen-bond acceptors (Lipinski definition) is 8. The molecule has 9 nitrogen and oxygen atoms in total. The van der Waals surface area contributed by atoms with E-state index in [9.17, 15) is 4.79 Å². The number of carbonyl (C=O) groups is 1. The maximum atomic E-state index is 13.8. The highest BCUT2D eigenvalue weighted by Crippen LogP contribution is 2.42. The number of amides is 1. The van der Waals surface area contributed by atoms with Crippen molar-refractivity contribution in [1.29, 1.82) is 0 Å². The zero-order valence-corrected chi connectivity index (χ0v) is 21.1. The standard InChI is InChI=1S/C26H25N5O4S/c1-15-22(25(32)28-18-8-5-6-9-20(18)35-4)23(17-14-16(33-2)11-12-19(17)34-3)31-26(27-15)29-24(30-31)21-10-7-13-36-21/h5-14,23H,1-4H3,(H,28,32)(H,27,29,30). The van der Waals surface area contributed by atoms with Crippen LogP contribution in [0.25, 0.3) is 10.7 Å². The second kappa shape index (κ2) is 9.74. The van der Waals surface area contributed by atoms with Crippen molar-refractivity contribution in [2.24, 2.45) is 0 Å². The highest BCUT2D eigenvalue weighted by molar-refractivity contribution is 7.13. The molecule has 1 amide bonds. The molecule has 1 unspecified atom stereocenters. The van der Waals surface area contributed by atoms with Crippen molar-refractivity contribution in [2.75, 3.05) is 32.0 Å². The Morgan fingerprint density at radius 3 is 2.56 bits per heavy atom. The number of allylic oxidation sites excluding steroid dienone is 1. The minimum atomic E-state index is -0.637. The lowest BCUT2D eigenvalue weighted by molar-refractivity contribution is -0.113. The Labute approximate surface area is 212 Å². The number of rotatable bonds is 7. The first kappa shape index (κ1) is 23.4. The molecule has 0 aliphatic carbocycles.